The van der Waals surface area contributed by atoms with Crippen LogP contribution in [0.5, 0.6) is 0 Å². The number of rotatable bonds is 6. The Morgan fingerprint density at radius 1 is 1.38 bits per heavy atom. The predicted octanol–water partition coefficient (Wildman–Crippen LogP) is 2.23. The average Bonchev–Trinajstić information content (AvgIpc) is 2.89. The fourth-order valence-electron chi connectivity index (χ4n) is 2.05. The molecule has 114 valence electrons. The number of aromatic nitrogens is 2. The molecule has 2 heterocycles. The third-order valence-electron chi connectivity index (χ3n) is 3.39. The molecule has 5 heteroatoms. The molecular weight excluding hydrogens is 262 g/mol. The molecule has 2 rings (SSSR count). The third-order valence-corrected chi connectivity index (χ3v) is 3.39. The molecule has 0 saturated carbocycles. The highest BCUT2D eigenvalue weighted by Crippen LogP contribution is 2.05. The number of fused-ring (bicyclic) bond motifs is 1. The lowest BCUT2D eigenvalue weighted by atomic mass is 10.3. The van der Waals surface area contributed by atoms with Crippen molar-refractivity contribution in [2.75, 3.05) is 13.1 Å². The van der Waals surface area contributed by atoms with Gasteiger partial charge in [0.2, 0.25) is 0 Å². The van der Waals surface area contributed by atoms with E-state index < -0.39 is 0 Å². The van der Waals surface area contributed by atoms with Gasteiger partial charge in [-0.3, -0.25) is 4.99 Å². The molecule has 0 aliphatic rings. The molecule has 0 radical (unpaired) electrons. The van der Waals surface area contributed by atoms with Crippen LogP contribution >= 0.6 is 0 Å². The summed E-state index contributed by atoms with van der Waals surface area (Å²) in [4.78, 5) is 9.20. The van der Waals surface area contributed by atoms with Crippen molar-refractivity contribution >= 4 is 11.6 Å². The van der Waals surface area contributed by atoms with Crippen molar-refractivity contribution in [2.24, 2.45) is 4.99 Å². The fourth-order valence-corrected chi connectivity index (χ4v) is 2.05. The van der Waals surface area contributed by atoms with Crippen molar-refractivity contribution in [2.45, 2.75) is 39.7 Å². The zero-order valence-corrected chi connectivity index (χ0v) is 13.1. The van der Waals surface area contributed by atoms with E-state index >= 15 is 0 Å². The summed E-state index contributed by atoms with van der Waals surface area (Å²) in [5, 5.41) is 6.67. The van der Waals surface area contributed by atoms with Crippen molar-refractivity contribution in [3.8, 4) is 0 Å². The van der Waals surface area contributed by atoms with Gasteiger partial charge in [-0.25, -0.2) is 4.98 Å². The quantitative estimate of drug-likeness (QED) is 0.633. The number of guanidine groups is 1. The van der Waals surface area contributed by atoms with Gasteiger partial charge < -0.3 is 15.0 Å². The van der Waals surface area contributed by atoms with Crippen molar-refractivity contribution in [1.29, 1.82) is 0 Å². The van der Waals surface area contributed by atoms with Crippen LogP contribution < -0.4 is 10.6 Å². The standard InChI is InChI=1S/C16H25N5/c1-4-13(3)19-16(17-5-2)18-10-9-14-12-21-11-7-6-8-15(21)20-14/h6-8,11-13H,4-5,9-10H2,1-3H3,(H2,17,18,19). The minimum absolute atomic E-state index is 0.429. The van der Waals surface area contributed by atoms with E-state index in [0.717, 1.165) is 43.2 Å². The summed E-state index contributed by atoms with van der Waals surface area (Å²) in [6.07, 6.45) is 6.01. The lowest BCUT2D eigenvalue weighted by Gasteiger charge is -2.15. The minimum Gasteiger partial charge on any atom is -0.357 e. The summed E-state index contributed by atoms with van der Waals surface area (Å²) in [6.45, 7) is 8.01. The highest BCUT2D eigenvalue weighted by atomic mass is 15.2. The molecule has 0 spiro atoms. The molecular formula is C16H25N5. The van der Waals surface area contributed by atoms with Gasteiger partial charge in [-0.05, 0) is 32.4 Å². The first-order valence-corrected chi connectivity index (χ1v) is 7.70. The van der Waals surface area contributed by atoms with Crippen LogP contribution in [0.2, 0.25) is 0 Å². The number of hydrogen-bond donors (Lipinski definition) is 2. The molecule has 2 aromatic heterocycles. The first-order valence-electron chi connectivity index (χ1n) is 7.70. The first kappa shape index (κ1) is 15.4. The summed E-state index contributed by atoms with van der Waals surface area (Å²) in [5.41, 5.74) is 2.06. The number of nitrogens with one attached hydrogen (secondary N) is 2. The maximum Gasteiger partial charge on any atom is 0.191 e. The summed E-state index contributed by atoms with van der Waals surface area (Å²) in [7, 11) is 0. The Morgan fingerprint density at radius 2 is 2.24 bits per heavy atom. The van der Waals surface area contributed by atoms with Crippen molar-refractivity contribution in [1.82, 2.24) is 20.0 Å². The van der Waals surface area contributed by atoms with Crippen LogP contribution in [-0.4, -0.2) is 34.5 Å². The minimum atomic E-state index is 0.429. The van der Waals surface area contributed by atoms with E-state index in [-0.39, 0.29) is 0 Å². The maximum absolute atomic E-state index is 4.61. The summed E-state index contributed by atoms with van der Waals surface area (Å²) < 4.78 is 2.04. The second-order valence-corrected chi connectivity index (χ2v) is 5.16. The summed E-state index contributed by atoms with van der Waals surface area (Å²) in [5.74, 6) is 0.885. The first-order chi connectivity index (χ1) is 10.2. The molecule has 0 saturated heterocycles. The van der Waals surface area contributed by atoms with Gasteiger partial charge in [-0.2, -0.15) is 0 Å². The molecule has 21 heavy (non-hydrogen) atoms. The number of hydrogen-bond acceptors (Lipinski definition) is 2. The molecule has 0 aliphatic carbocycles. The Bertz CT molecular complexity index is 554. The Kier molecular flexibility index (Phi) is 5.60. The molecule has 0 aromatic carbocycles. The van der Waals surface area contributed by atoms with Gasteiger partial charge >= 0.3 is 0 Å². The molecule has 0 aliphatic heterocycles. The van der Waals surface area contributed by atoms with E-state index in [1.807, 2.05) is 28.8 Å². The second-order valence-electron chi connectivity index (χ2n) is 5.16. The van der Waals surface area contributed by atoms with E-state index in [1.54, 1.807) is 0 Å². The molecule has 1 atom stereocenters. The van der Waals surface area contributed by atoms with Crippen LogP contribution in [-0.2, 0) is 6.42 Å². The normalized spacial score (nSPS) is 13.4. The smallest absolute Gasteiger partial charge is 0.191 e. The molecule has 0 bridgehead atoms. The molecule has 0 amide bonds. The molecule has 1 unspecified atom stereocenters. The van der Waals surface area contributed by atoms with E-state index in [2.05, 4.69) is 47.6 Å². The fraction of sp³-hybridized carbons (Fsp3) is 0.500. The Labute approximate surface area is 126 Å². The Morgan fingerprint density at radius 3 is 2.95 bits per heavy atom. The Balaban J connectivity index is 1.94. The molecule has 5 nitrogen and oxygen atoms in total. The van der Waals surface area contributed by atoms with Crippen molar-refractivity contribution < 1.29 is 0 Å². The zero-order chi connectivity index (χ0) is 15.1. The second kappa shape index (κ2) is 7.67. The number of nitrogens with zero attached hydrogens (tertiary/aromatic N) is 3. The number of pyridine rings is 1. The van der Waals surface area contributed by atoms with Gasteiger partial charge in [-0.1, -0.05) is 13.0 Å². The van der Waals surface area contributed by atoms with Gasteiger partial charge in [-0.15, -0.1) is 0 Å². The SMILES string of the molecule is CCNC(=NCCc1cn2ccccc2n1)NC(C)CC. The number of imidazole rings is 1. The molecule has 2 N–H and O–H groups in total. The number of aliphatic imine (C=N–C) groups is 1. The largest absolute Gasteiger partial charge is 0.357 e. The highest BCUT2D eigenvalue weighted by molar-refractivity contribution is 5.80. The van der Waals surface area contributed by atoms with Gasteiger partial charge in [0, 0.05) is 37.9 Å². The lowest BCUT2D eigenvalue weighted by molar-refractivity contribution is 0.624. The topological polar surface area (TPSA) is 53.7 Å². The van der Waals surface area contributed by atoms with E-state index in [0.29, 0.717) is 6.04 Å². The maximum atomic E-state index is 4.61. The van der Waals surface area contributed by atoms with Gasteiger partial charge in [0.25, 0.3) is 0 Å². The summed E-state index contributed by atoms with van der Waals surface area (Å²) >= 11 is 0. The summed E-state index contributed by atoms with van der Waals surface area (Å²) in [6, 6.07) is 6.46. The van der Waals surface area contributed by atoms with Gasteiger partial charge in [0.1, 0.15) is 5.65 Å². The Hall–Kier alpha value is -2.04. The molecule has 0 fully saturated rings. The average molecular weight is 287 g/mol. The van der Waals surface area contributed by atoms with Gasteiger partial charge in [0.15, 0.2) is 5.96 Å². The predicted molar refractivity (Wildman–Crippen MR) is 87.8 cm³/mol. The van der Waals surface area contributed by atoms with Crippen LogP contribution in [0.1, 0.15) is 32.9 Å². The molecule has 2 aromatic rings. The van der Waals surface area contributed by atoms with Gasteiger partial charge in [0.05, 0.1) is 5.69 Å². The monoisotopic (exact) mass is 287 g/mol. The zero-order valence-electron chi connectivity index (χ0n) is 13.1. The van der Waals surface area contributed by atoms with Crippen molar-refractivity contribution in [3.63, 3.8) is 0 Å². The highest BCUT2D eigenvalue weighted by Gasteiger charge is 2.03. The van der Waals surface area contributed by atoms with Crippen LogP contribution in [0.15, 0.2) is 35.6 Å². The van der Waals surface area contributed by atoms with Crippen LogP contribution in [0.3, 0.4) is 0 Å². The van der Waals surface area contributed by atoms with Crippen molar-refractivity contribution in [3.05, 3.63) is 36.3 Å². The van der Waals surface area contributed by atoms with E-state index in [9.17, 15) is 0 Å². The lowest BCUT2D eigenvalue weighted by Crippen LogP contribution is -2.42. The van der Waals surface area contributed by atoms with Crippen LogP contribution in [0.25, 0.3) is 5.65 Å². The van der Waals surface area contributed by atoms with E-state index in [4.69, 9.17) is 0 Å². The van der Waals surface area contributed by atoms with E-state index in [1.165, 1.54) is 0 Å². The van der Waals surface area contributed by atoms with Crippen LogP contribution in [0.4, 0.5) is 0 Å². The third kappa shape index (κ3) is 4.48. The van der Waals surface area contributed by atoms with Crippen LogP contribution in [0, 0.1) is 0 Å².